The summed E-state index contributed by atoms with van der Waals surface area (Å²) in [6.07, 6.45) is 0. The lowest BCUT2D eigenvalue weighted by Crippen LogP contribution is -2.29. The molecule has 0 aliphatic carbocycles. The summed E-state index contributed by atoms with van der Waals surface area (Å²) in [6.45, 7) is 5.83. The third kappa shape index (κ3) is 4.33. The van der Waals surface area contributed by atoms with Gasteiger partial charge in [-0.2, -0.15) is 0 Å². The zero-order chi connectivity index (χ0) is 11.3. The molecule has 84 valence electrons. The van der Waals surface area contributed by atoms with E-state index in [1.807, 2.05) is 0 Å². The molecule has 2 nitrogen and oxygen atoms in total. The molecule has 0 heterocycles. The minimum Gasteiger partial charge on any atom is -0.383 e. The molecule has 0 bridgehead atoms. The molecule has 1 N–H and O–H groups in total. The topological polar surface area (TPSA) is 21.3 Å². The Labute approximate surface area is 100 Å². The second-order valence-corrected chi connectivity index (χ2v) is 4.68. The molecule has 1 unspecified atom stereocenters. The first-order valence-corrected chi connectivity index (χ1v) is 5.90. The minimum absolute atomic E-state index is 0.384. The summed E-state index contributed by atoms with van der Waals surface area (Å²) in [6, 6.07) is 6.81. The minimum atomic E-state index is 0.384. The molecule has 1 atom stereocenters. The van der Waals surface area contributed by atoms with E-state index in [1.54, 1.807) is 7.11 Å². The van der Waals surface area contributed by atoms with Crippen molar-refractivity contribution in [2.75, 3.05) is 13.7 Å². The number of rotatable bonds is 5. The number of hydrogen-bond donors (Lipinski definition) is 1. The van der Waals surface area contributed by atoms with E-state index < -0.39 is 0 Å². The van der Waals surface area contributed by atoms with Crippen LogP contribution in [0.5, 0.6) is 0 Å². The second kappa shape index (κ2) is 6.26. The van der Waals surface area contributed by atoms with Gasteiger partial charge in [0.05, 0.1) is 6.61 Å². The van der Waals surface area contributed by atoms with E-state index in [-0.39, 0.29) is 0 Å². The Bertz CT molecular complexity index is 314. The average molecular weight is 272 g/mol. The zero-order valence-corrected chi connectivity index (χ0v) is 11.1. The van der Waals surface area contributed by atoms with E-state index in [0.717, 1.165) is 13.2 Å². The summed E-state index contributed by atoms with van der Waals surface area (Å²) in [7, 11) is 1.72. The van der Waals surface area contributed by atoms with Gasteiger partial charge in [0.15, 0.2) is 0 Å². The van der Waals surface area contributed by atoms with Gasteiger partial charge >= 0.3 is 0 Å². The maximum Gasteiger partial charge on any atom is 0.0613 e. The lowest BCUT2D eigenvalue weighted by atomic mass is 10.1. The second-order valence-electron chi connectivity index (χ2n) is 3.82. The Balaban J connectivity index is 2.47. The Hall–Kier alpha value is -0.380. The van der Waals surface area contributed by atoms with Crippen LogP contribution in [0.1, 0.15) is 18.1 Å². The average Bonchev–Trinajstić information content (AvgIpc) is 2.20. The van der Waals surface area contributed by atoms with Crippen molar-refractivity contribution in [3.8, 4) is 0 Å². The largest absolute Gasteiger partial charge is 0.383 e. The number of ether oxygens (including phenoxy) is 1. The number of benzene rings is 1. The molecule has 0 amide bonds. The number of halogens is 1. The predicted molar refractivity (Wildman–Crippen MR) is 67.1 cm³/mol. The van der Waals surface area contributed by atoms with E-state index in [9.17, 15) is 0 Å². The van der Waals surface area contributed by atoms with Crippen LogP contribution in [-0.2, 0) is 11.3 Å². The Kier molecular flexibility index (Phi) is 5.29. The first-order chi connectivity index (χ1) is 7.13. The van der Waals surface area contributed by atoms with Gasteiger partial charge in [0, 0.05) is 24.2 Å². The first kappa shape index (κ1) is 12.7. The van der Waals surface area contributed by atoms with Crippen molar-refractivity contribution < 1.29 is 4.74 Å². The number of aryl methyl sites for hydroxylation is 1. The molecule has 3 heteroatoms. The molecule has 0 radical (unpaired) electrons. The Morgan fingerprint density at radius 3 is 2.80 bits per heavy atom. The molecule has 1 aromatic rings. The number of methoxy groups -OCH3 is 1. The third-order valence-electron chi connectivity index (χ3n) is 2.31. The molecule has 0 aromatic heterocycles. The van der Waals surface area contributed by atoms with Crippen molar-refractivity contribution in [2.45, 2.75) is 26.4 Å². The highest BCUT2D eigenvalue weighted by Crippen LogP contribution is 2.17. The smallest absolute Gasteiger partial charge is 0.0613 e. The van der Waals surface area contributed by atoms with Crippen molar-refractivity contribution in [1.82, 2.24) is 5.32 Å². The molecule has 0 aliphatic heterocycles. The van der Waals surface area contributed by atoms with Crippen molar-refractivity contribution >= 4 is 15.9 Å². The Morgan fingerprint density at radius 1 is 1.47 bits per heavy atom. The summed E-state index contributed by atoms with van der Waals surface area (Å²) in [5.41, 5.74) is 2.55. The van der Waals surface area contributed by atoms with E-state index >= 15 is 0 Å². The van der Waals surface area contributed by atoms with E-state index in [1.165, 1.54) is 15.6 Å². The summed E-state index contributed by atoms with van der Waals surface area (Å²) in [5, 5.41) is 3.40. The SMILES string of the molecule is COCC(C)NCc1ccc(C)c(Br)c1. The molecule has 15 heavy (non-hydrogen) atoms. The molecule has 0 saturated carbocycles. The van der Waals surface area contributed by atoms with Crippen LogP contribution in [0.3, 0.4) is 0 Å². The van der Waals surface area contributed by atoms with Crippen LogP contribution < -0.4 is 5.32 Å². The van der Waals surface area contributed by atoms with Gasteiger partial charge in [0.25, 0.3) is 0 Å². The molecule has 0 spiro atoms. The van der Waals surface area contributed by atoms with Gasteiger partial charge in [0.1, 0.15) is 0 Å². The molecule has 0 saturated heterocycles. The monoisotopic (exact) mass is 271 g/mol. The first-order valence-electron chi connectivity index (χ1n) is 5.11. The van der Waals surface area contributed by atoms with E-state index in [2.05, 4.69) is 53.3 Å². The number of nitrogens with one attached hydrogen (secondary N) is 1. The fourth-order valence-electron chi connectivity index (χ4n) is 1.35. The number of hydrogen-bond acceptors (Lipinski definition) is 2. The Morgan fingerprint density at radius 2 is 2.20 bits per heavy atom. The van der Waals surface area contributed by atoms with Crippen LogP contribution in [0, 0.1) is 6.92 Å². The highest BCUT2D eigenvalue weighted by atomic mass is 79.9. The van der Waals surface area contributed by atoms with Crippen LogP contribution in [-0.4, -0.2) is 19.8 Å². The van der Waals surface area contributed by atoms with E-state index in [0.29, 0.717) is 6.04 Å². The molecular formula is C12H18BrNO. The normalized spacial score (nSPS) is 12.8. The van der Waals surface area contributed by atoms with E-state index in [4.69, 9.17) is 4.74 Å². The fraction of sp³-hybridized carbons (Fsp3) is 0.500. The van der Waals surface area contributed by atoms with Crippen LogP contribution in [0.25, 0.3) is 0 Å². The van der Waals surface area contributed by atoms with Gasteiger partial charge in [-0.25, -0.2) is 0 Å². The summed E-state index contributed by atoms with van der Waals surface area (Å²) in [5.74, 6) is 0. The molecule has 1 rings (SSSR count). The van der Waals surface area contributed by atoms with Crippen LogP contribution in [0.4, 0.5) is 0 Å². The highest BCUT2D eigenvalue weighted by Gasteiger charge is 2.01. The maximum absolute atomic E-state index is 5.06. The lowest BCUT2D eigenvalue weighted by Gasteiger charge is -2.13. The zero-order valence-electron chi connectivity index (χ0n) is 9.51. The van der Waals surface area contributed by atoms with Crippen molar-refractivity contribution in [1.29, 1.82) is 0 Å². The molecule has 0 fully saturated rings. The lowest BCUT2D eigenvalue weighted by molar-refractivity contribution is 0.171. The summed E-state index contributed by atoms with van der Waals surface area (Å²) >= 11 is 3.53. The van der Waals surface area contributed by atoms with Crippen molar-refractivity contribution in [3.63, 3.8) is 0 Å². The third-order valence-corrected chi connectivity index (χ3v) is 3.16. The van der Waals surface area contributed by atoms with Crippen molar-refractivity contribution in [3.05, 3.63) is 33.8 Å². The van der Waals surface area contributed by atoms with Gasteiger partial charge in [-0.1, -0.05) is 28.1 Å². The summed E-state index contributed by atoms with van der Waals surface area (Å²) in [4.78, 5) is 0. The van der Waals surface area contributed by atoms with Crippen LogP contribution in [0.15, 0.2) is 22.7 Å². The van der Waals surface area contributed by atoms with Gasteiger partial charge < -0.3 is 10.1 Å². The summed E-state index contributed by atoms with van der Waals surface area (Å²) < 4.78 is 6.23. The highest BCUT2D eigenvalue weighted by molar-refractivity contribution is 9.10. The predicted octanol–water partition coefficient (Wildman–Crippen LogP) is 2.88. The molecular weight excluding hydrogens is 254 g/mol. The van der Waals surface area contributed by atoms with Crippen LogP contribution in [0.2, 0.25) is 0 Å². The maximum atomic E-state index is 5.06. The van der Waals surface area contributed by atoms with Crippen molar-refractivity contribution in [2.24, 2.45) is 0 Å². The quantitative estimate of drug-likeness (QED) is 0.890. The molecule has 1 aromatic carbocycles. The van der Waals surface area contributed by atoms with Gasteiger partial charge in [-0.05, 0) is 31.0 Å². The van der Waals surface area contributed by atoms with Crippen LogP contribution >= 0.6 is 15.9 Å². The molecule has 0 aliphatic rings. The fourth-order valence-corrected chi connectivity index (χ4v) is 1.77. The van der Waals surface area contributed by atoms with Gasteiger partial charge in [-0.3, -0.25) is 0 Å². The van der Waals surface area contributed by atoms with Gasteiger partial charge in [0.2, 0.25) is 0 Å². The standard InChI is InChI=1S/C12H18BrNO/c1-9-4-5-11(6-12(9)13)7-14-10(2)8-15-3/h4-6,10,14H,7-8H2,1-3H3. The van der Waals surface area contributed by atoms with Gasteiger partial charge in [-0.15, -0.1) is 0 Å².